The Labute approximate surface area is 132 Å². The predicted molar refractivity (Wildman–Crippen MR) is 87.5 cm³/mol. The Kier molecular flexibility index (Phi) is 3.80. The molecule has 2 aromatic carbocycles. The van der Waals surface area contributed by atoms with Gasteiger partial charge in [0, 0.05) is 17.1 Å². The van der Waals surface area contributed by atoms with Gasteiger partial charge in [-0.2, -0.15) is 0 Å². The zero-order valence-corrected chi connectivity index (χ0v) is 12.7. The van der Waals surface area contributed by atoms with Crippen molar-refractivity contribution in [2.45, 2.75) is 6.92 Å². The van der Waals surface area contributed by atoms with E-state index in [0.29, 0.717) is 17.3 Å². The average Bonchev–Trinajstić information content (AvgIpc) is 2.56. The van der Waals surface area contributed by atoms with Crippen LogP contribution in [0.3, 0.4) is 0 Å². The number of nitrogens with one attached hydrogen (secondary N) is 1. The Morgan fingerprint density at radius 3 is 2.74 bits per heavy atom. The number of hydrogen-bond donors (Lipinski definition) is 2. The number of anilines is 2. The molecule has 0 aliphatic carbocycles. The van der Waals surface area contributed by atoms with Crippen LogP contribution in [0, 0.1) is 6.92 Å². The van der Waals surface area contributed by atoms with Crippen LogP contribution in [0.1, 0.15) is 15.9 Å². The molecule has 0 fully saturated rings. The summed E-state index contributed by atoms with van der Waals surface area (Å²) >= 11 is 0. The summed E-state index contributed by atoms with van der Waals surface area (Å²) in [7, 11) is 1.60. The van der Waals surface area contributed by atoms with Gasteiger partial charge in [0.15, 0.2) is 0 Å². The minimum atomic E-state index is -0.967. The summed E-state index contributed by atoms with van der Waals surface area (Å²) in [5.74, 6) is 0.361. The lowest BCUT2D eigenvalue weighted by atomic mass is 10.1. The van der Waals surface area contributed by atoms with Gasteiger partial charge in [-0.15, -0.1) is 0 Å². The minimum absolute atomic E-state index is 0.220. The van der Waals surface area contributed by atoms with Crippen LogP contribution in [0.4, 0.5) is 11.5 Å². The van der Waals surface area contributed by atoms with Crippen molar-refractivity contribution in [3.8, 4) is 5.75 Å². The second kappa shape index (κ2) is 5.92. The second-order valence-electron chi connectivity index (χ2n) is 5.07. The molecule has 3 rings (SSSR count). The number of carbonyl (C=O) groups is 1. The zero-order valence-electron chi connectivity index (χ0n) is 12.7. The summed E-state index contributed by atoms with van der Waals surface area (Å²) in [6, 6.07) is 10.5. The fourth-order valence-corrected chi connectivity index (χ4v) is 2.28. The van der Waals surface area contributed by atoms with Gasteiger partial charge < -0.3 is 15.2 Å². The van der Waals surface area contributed by atoms with E-state index in [4.69, 9.17) is 9.84 Å². The van der Waals surface area contributed by atoms with E-state index < -0.39 is 5.97 Å². The number of aryl methyl sites for hydroxylation is 1. The van der Waals surface area contributed by atoms with Crippen molar-refractivity contribution in [2.75, 3.05) is 12.4 Å². The van der Waals surface area contributed by atoms with Gasteiger partial charge in [0.05, 0.1) is 18.2 Å². The summed E-state index contributed by atoms with van der Waals surface area (Å²) in [5, 5.41) is 13.1. The monoisotopic (exact) mass is 309 g/mol. The molecule has 0 atom stereocenters. The van der Waals surface area contributed by atoms with E-state index in [1.807, 2.05) is 25.1 Å². The molecule has 0 unspecified atom stereocenters. The van der Waals surface area contributed by atoms with Crippen LogP contribution in [0.15, 0.2) is 42.7 Å². The fourth-order valence-electron chi connectivity index (χ4n) is 2.28. The first-order chi connectivity index (χ1) is 11.1. The van der Waals surface area contributed by atoms with Gasteiger partial charge in [0.2, 0.25) is 0 Å². The molecule has 1 aromatic heterocycles. The third-order valence-electron chi connectivity index (χ3n) is 3.58. The average molecular weight is 309 g/mol. The van der Waals surface area contributed by atoms with Crippen molar-refractivity contribution in [3.05, 3.63) is 53.9 Å². The number of rotatable bonds is 4. The second-order valence-corrected chi connectivity index (χ2v) is 5.07. The summed E-state index contributed by atoms with van der Waals surface area (Å²) < 4.78 is 5.20. The lowest BCUT2D eigenvalue weighted by molar-refractivity contribution is 0.0697. The molecule has 0 bridgehead atoms. The van der Waals surface area contributed by atoms with E-state index in [2.05, 4.69) is 15.3 Å². The third-order valence-corrected chi connectivity index (χ3v) is 3.58. The van der Waals surface area contributed by atoms with E-state index in [1.54, 1.807) is 25.3 Å². The number of carboxylic acid groups (broad SMARTS) is 1. The normalized spacial score (nSPS) is 10.5. The number of benzene rings is 2. The zero-order chi connectivity index (χ0) is 16.4. The van der Waals surface area contributed by atoms with Crippen LogP contribution in [-0.2, 0) is 0 Å². The van der Waals surface area contributed by atoms with Gasteiger partial charge in [-0.3, -0.25) is 0 Å². The summed E-state index contributed by atoms with van der Waals surface area (Å²) in [6.45, 7) is 1.90. The van der Waals surface area contributed by atoms with E-state index in [1.165, 1.54) is 6.33 Å². The Hall–Kier alpha value is -3.15. The first kappa shape index (κ1) is 14.8. The molecule has 23 heavy (non-hydrogen) atoms. The topological polar surface area (TPSA) is 84.3 Å². The number of ether oxygens (including phenoxy) is 1. The maximum absolute atomic E-state index is 11.1. The summed E-state index contributed by atoms with van der Waals surface area (Å²) in [5.41, 5.74) is 2.59. The Balaban J connectivity index is 2.05. The molecule has 0 saturated carbocycles. The van der Waals surface area contributed by atoms with Crippen molar-refractivity contribution in [2.24, 2.45) is 0 Å². The van der Waals surface area contributed by atoms with Crippen LogP contribution in [0.5, 0.6) is 5.75 Å². The first-order valence-electron chi connectivity index (χ1n) is 6.98. The SMILES string of the molecule is COc1ccc2c(Nc3cc(C(=O)O)ccc3C)ncnc2c1. The van der Waals surface area contributed by atoms with Crippen LogP contribution in [0.25, 0.3) is 10.9 Å². The minimum Gasteiger partial charge on any atom is -0.497 e. The number of nitrogens with zero attached hydrogens (tertiary/aromatic N) is 2. The standard InChI is InChI=1S/C17H15N3O3/c1-10-3-4-11(17(21)22)7-14(10)20-16-13-6-5-12(23-2)8-15(13)18-9-19-16/h3-9H,1-2H3,(H,21,22)(H,18,19,20). The lowest BCUT2D eigenvalue weighted by Crippen LogP contribution is -2.01. The molecule has 3 aromatic rings. The Morgan fingerprint density at radius 1 is 1.17 bits per heavy atom. The molecular weight excluding hydrogens is 294 g/mol. The molecular formula is C17H15N3O3. The number of fused-ring (bicyclic) bond motifs is 1. The highest BCUT2D eigenvalue weighted by Crippen LogP contribution is 2.27. The van der Waals surface area contributed by atoms with Gasteiger partial charge in [-0.05, 0) is 36.8 Å². The van der Waals surface area contributed by atoms with Gasteiger partial charge in [-0.1, -0.05) is 6.07 Å². The van der Waals surface area contributed by atoms with E-state index in [-0.39, 0.29) is 5.56 Å². The number of aromatic carboxylic acids is 1. The first-order valence-corrected chi connectivity index (χ1v) is 6.98. The molecule has 0 aliphatic heterocycles. The van der Waals surface area contributed by atoms with Crippen molar-refractivity contribution in [3.63, 3.8) is 0 Å². The van der Waals surface area contributed by atoms with Crippen molar-refractivity contribution >= 4 is 28.4 Å². The van der Waals surface area contributed by atoms with Crippen LogP contribution in [0.2, 0.25) is 0 Å². The number of hydrogen-bond acceptors (Lipinski definition) is 5. The quantitative estimate of drug-likeness (QED) is 0.768. The molecule has 0 saturated heterocycles. The molecule has 1 heterocycles. The maximum Gasteiger partial charge on any atom is 0.335 e. The lowest BCUT2D eigenvalue weighted by Gasteiger charge is -2.12. The molecule has 2 N–H and O–H groups in total. The van der Waals surface area contributed by atoms with Gasteiger partial charge >= 0.3 is 5.97 Å². The highest BCUT2D eigenvalue weighted by Gasteiger charge is 2.09. The van der Waals surface area contributed by atoms with Crippen LogP contribution >= 0.6 is 0 Å². The van der Waals surface area contributed by atoms with Crippen LogP contribution in [-0.4, -0.2) is 28.2 Å². The molecule has 0 radical (unpaired) electrons. The summed E-state index contributed by atoms with van der Waals surface area (Å²) in [4.78, 5) is 19.6. The number of methoxy groups -OCH3 is 1. The molecule has 6 nitrogen and oxygen atoms in total. The van der Waals surface area contributed by atoms with E-state index >= 15 is 0 Å². The van der Waals surface area contributed by atoms with Crippen molar-refractivity contribution in [1.82, 2.24) is 9.97 Å². The molecule has 116 valence electrons. The Bertz CT molecular complexity index is 893. The van der Waals surface area contributed by atoms with Gasteiger partial charge in [-0.25, -0.2) is 14.8 Å². The van der Waals surface area contributed by atoms with Crippen LogP contribution < -0.4 is 10.1 Å². The fraction of sp³-hybridized carbons (Fsp3) is 0.118. The maximum atomic E-state index is 11.1. The molecule has 0 spiro atoms. The largest absolute Gasteiger partial charge is 0.497 e. The molecule has 6 heteroatoms. The van der Waals surface area contributed by atoms with E-state index in [0.717, 1.165) is 16.5 Å². The highest BCUT2D eigenvalue weighted by atomic mass is 16.5. The molecule has 0 amide bonds. The van der Waals surface area contributed by atoms with Gasteiger partial charge in [0.1, 0.15) is 17.9 Å². The number of carboxylic acids is 1. The highest BCUT2D eigenvalue weighted by molar-refractivity contribution is 5.93. The third kappa shape index (κ3) is 2.91. The van der Waals surface area contributed by atoms with Crippen molar-refractivity contribution < 1.29 is 14.6 Å². The Morgan fingerprint density at radius 2 is 2.00 bits per heavy atom. The van der Waals surface area contributed by atoms with Gasteiger partial charge in [0.25, 0.3) is 0 Å². The smallest absolute Gasteiger partial charge is 0.335 e. The van der Waals surface area contributed by atoms with Crippen molar-refractivity contribution in [1.29, 1.82) is 0 Å². The van der Waals surface area contributed by atoms with E-state index in [9.17, 15) is 4.79 Å². The summed E-state index contributed by atoms with van der Waals surface area (Å²) in [6.07, 6.45) is 1.46. The predicted octanol–water partition coefficient (Wildman–Crippen LogP) is 3.39. The molecule has 0 aliphatic rings. The number of aromatic nitrogens is 2.